The van der Waals surface area contributed by atoms with Crippen molar-refractivity contribution in [2.75, 3.05) is 50.6 Å². The molecule has 1 N–H and O–H groups in total. The van der Waals surface area contributed by atoms with E-state index >= 15 is 0 Å². The number of aromatic nitrogens is 2. The van der Waals surface area contributed by atoms with Crippen LogP contribution in [0.3, 0.4) is 0 Å². The Hall–Kier alpha value is -3.26. The third-order valence-electron chi connectivity index (χ3n) is 5.02. The van der Waals surface area contributed by atoms with Crippen LogP contribution in [0.15, 0.2) is 42.5 Å². The minimum Gasteiger partial charge on any atom is -0.497 e. The molecule has 2 amide bonds. The van der Waals surface area contributed by atoms with Crippen LogP contribution in [0.2, 0.25) is 5.02 Å². The molecule has 3 aromatic rings. The summed E-state index contributed by atoms with van der Waals surface area (Å²) in [7, 11) is 3.08. The fourth-order valence-corrected chi connectivity index (χ4v) is 3.66. The highest BCUT2D eigenvalue weighted by Crippen LogP contribution is 2.28. The van der Waals surface area contributed by atoms with Gasteiger partial charge in [-0.1, -0.05) is 23.7 Å². The lowest BCUT2D eigenvalue weighted by molar-refractivity contribution is 0.208. The predicted octanol–water partition coefficient (Wildman–Crippen LogP) is 3.65. The third kappa shape index (κ3) is 4.04. The normalized spacial score (nSPS) is 14.0. The smallest absolute Gasteiger partial charge is 0.323 e. The number of benzene rings is 2. The molecule has 0 spiro atoms. The molecule has 0 bridgehead atoms. The zero-order valence-electron chi connectivity index (χ0n) is 16.8. The number of nitrogens with zero attached hydrogens (tertiary/aromatic N) is 4. The maximum Gasteiger partial charge on any atom is 0.323 e. The van der Waals surface area contributed by atoms with Crippen LogP contribution in [0.4, 0.5) is 16.3 Å². The van der Waals surface area contributed by atoms with Crippen LogP contribution in [0.1, 0.15) is 0 Å². The number of carbonyl (C=O) groups is 1. The lowest BCUT2D eigenvalue weighted by atomic mass is 10.2. The molecule has 1 aliphatic rings. The molecule has 4 rings (SSSR count). The molecule has 1 saturated heterocycles. The van der Waals surface area contributed by atoms with Crippen LogP contribution < -0.4 is 19.7 Å². The first-order valence-corrected chi connectivity index (χ1v) is 9.92. The van der Waals surface area contributed by atoms with Gasteiger partial charge in [0.25, 0.3) is 5.88 Å². The molecule has 8 nitrogen and oxygen atoms in total. The van der Waals surface area contributed by atoms with Crippen LogP contribution in [0, 0.1) is 0 Å². The van der Waals surface area contributed by atoms with Gasteiger partial charge in [-0.05, 0) is 24.3 Å². The molecule has 30 heavy (non-hydrogen) atoms. The highest BCUT2D eigenvalue weighted by atomic mass is 35.5. The molecular weight excluding hydrogens is 406 g/mol. The van der Waals surface area contributed by atoms with Crippen LogP contribution in [0.25, 0.3) is 11.0 Å². The molecule has 2 heterocycles. The Morgan fingerprint density at radius 2 is 1.77 bits per heavy atom. The van der Waals surface area contributed by atoms with E-state index in [0.29, 0.717) is 48.0 Å². The summed E-state index contributed by atoms with van der Waals surface area (Å²) in [6, 6.07) is 12.8. The monoisotopic (exact) mass is 427 g/mol. The number of halogens is 1. The van der Waals surface area contributed by atoms with Gasteiger partial charge in [-0.2, -0.15) is 0 Å². The van der Waals surface area contributed by atoms with Gasteiger partial charge in [-0.3, -0.25) is 5.32 Å². The molecule has 1 aromatic heterocycles. The van der Waals surface area contributed by atoms with E-state index in [9.17, 15) is 4.79 Å². The van der Waals surface area contributed by atoms with Crippen molar-refractivity contribution < 1.29 is 14.3 Å². The Bertz CT molecular complexity index is 1070. The first-order chi connectivity index (χ1) is 14.6. The van der Waals surface area contributed by atoms with Crippen LogP contribution in [-0.2, 0) is 0 Å². The first kappa shape index (κ1) is 20.0. The number of urea groups is 1. The fraction of sp³-hybridized carbons (Fsp3) is 0.286. The summed E-state index contributed by atoms with van der Waals surface area (Å²) < 4.78 is 10.6. The van der Waals surface area contributed by atoms with E-state index in [2.05, 4.69) is 20.2 Å². The lowest BCUT2D eigenvalue weighted by Crippen LogP contribution is -2.50. The Labute approximate surface area is 179 Å². The van der Waals surface area contributed by atoms with Crippen molar-refractivity contribution in [2.24, 2.45) is 0 Å². The highest BCUT2D eigenvalue weighted by molar-refractivity contribution is 6.33. The summed E-state index contributed by atoms with van der Waals surface area (Å²) in [5.41, 5.74) is 2.24. The Balaban J connectivity index is 1.46. The number of para-hydroxylation sites is 1. The quantitative estimate of drug-likeness (QED) is 0.684. The fourth-order valence-electron chi connectivity index (χ4n) is 3.41. The number of piperazine rings is 1. The van der Waals surface area contributed by atoms with Crippen molar-refractivity contribution in [3.8, 4) is 11.6 Å². The van der Waals surface area contributed by atoms with Gasteiger partial charge in [0.15, 0.2) is 5.82 Å². The number of nitrogens with one attached hydrogen (secondary N) is 1. The van der Waals surface area contributed by atoms with Gasteiger partial charge in [-0.25, -0.2) is 14.8 Å². The summed E-state index contributed by atoms with van der Waals surface area (Å²) in [5.74, 6) is 1.21. The minimum absolute atomic E-state index is 0.241. The van der Waals surface area contributed by atoms with Crippen molar-refractivity contribution in [2.45, 2.75) is 0 Å². The van der Waals surface area contributed by atoms with Gasteiger partial charge < -0.3 is 19.3 Å². The van der Waals surface area contributed by atoms with Gasteiger partial charge in [0.2, 0.25) is 0 Å². The molecule has 9 heteroatoms. The van der Waals surface area contributed by atoms with Crippen molar-refractivity contribution >= 4 is 40.2 Å². The van der Waals surface area contributed by atoms with Crippen LogP contribution >= 0.6 is 11.6 Å². The Kier molecular flexibility index (Phi) is 5.76. The Morgan fingerprint density at radius 3 is 2.47 bits per heavy atom. The predicted molar refractivity (Wildman–Crippen MR) is 117 cm³/mol. The number of ether oxygens (including phenoxy) is 2. The molecule has 156 valence electrons. The second-order valence-corrected chi connectivity index (χ2v) is 7.20. The number of hydrogen-bond donors (Lipinski definition) is 1. The van der Waals surface area contributed by atoms with E-state index in [1.807, 2.05) is 24.3 Å². The zero-order valence-corrected chi connectivity index (χ0v) is 17.5. The molecule has 1 aliphatic heterocycles. The van der Waals surface area contributed by atoms with E-state index in [4.69, 9.17) is 21.1 Å². The van der Waals surface area contributed by atoms with Crippen molar-refractivity contribution in [3.05, 3.63) is 47.5 Å². The average Bonchev–Trinajstić information content (AvgIpc) is 2.78. The number of methoxy groups -OCH3 is 2. The number of carbonyl (C=O) groups excluding carboxylic acids is 1. The van der Waals surface area contributed by atoms with Crippen molar-refractivity contribution in [3.63, 3.8) is 0 Å². The molecule has 0 unspecified atom stereocenters. The van der Waals surface area contributed by atoms with Crippen LogP contribution in [-0.4, -0.2) is 61.3 Å². The number of rotatable bonds is 4. The zero-order chi connectivity index (χ0) is 21.1. The molecule has 0 radical (unpaired) electrons. The summed E-state index contributed by atoms with van der Waals surface area (Å²) in [4.78, 5) is 25.7. The van der Waals surface area contributed by atoms with Crippen molar-refractivity contribution in [1.29, 1.82) is 0 Å². The van der Waals surface area contributed by atoms with Gasteiger partial charge in [-0.15, -0.1) is 0 Å². The SMILES string of the molecule is COc1ccc2nc(NC(=O)N3CCN(c4ccccc4Cl)CC3)c(OC)nc2c1. The number of fused-ring (bicyclic) bond motifs is 1. The second kappa shape index (κ2) is 8.62. The topological polar surface area (TPSA) is 79.8 Å². The summed E-state index contributed by atoms with van der Waals surface area (Å²) in [6.45, 7) is 2.52. The molecule has 0 aliphatic carbocycles. The molecule has 0 saturated carbocycles. The van der Waals surface area contributed by atoms with E-state index in [1.54, 1.807) is 30.2 Å². The minimum atomic E-state index is -0.241. The average molecular weight is 428 g/mol. The summed E-state index contributed by atoms with van der Waals surface area (Å²) in [6.07, 6.45) is 0. The summed E-state index contributed by atoms with van der Waals surface area (Å²) >= 11 is 6.29. The maximum atomic E-state index is 12.8. The summed E-state index contributed by atoms with van der Waals surface area (Å²) in [5, 5.41) is 3.54. The highest BCUT2D eigenvalue weighted by Gasteiger charge is 2.24. The number of amides is 2. The van der Waals surface area contributed by atoms with E-state index < -0.39 is 0 Å². The molecule has 2 aromatic carbocycles. The Morgan fingerprint density at radius 1 is 1.00 bits per heavy atom. The molecule has 1 fully saturated rings. The lowest BCUT2D eigenvalue weighted by Gasteiger charge is -2.36. The largest absolute Gasteiger partial charge is 0.497 e. The van der Waals surface area contributed by atoms with Crippen LogP contribution in [0.5, 0.6) is 11.6 Å². The maximum absolute atomic E-state index is 12.8. The van der Waals surface area contributed by atoms with Crippen molar-refractivity contribution in [1.82, 2.24) is 14.9 Å². The van der Waals surface area contributed by atoms with Gasteiger partial charge in [0, 0.05) is 32.2 Å². The molecule has 0 atom stereocenters. The third-order valence-corrected chi connectivity index (χ3v) is 5.34. The molecular formula is C21H22ClN5O3. The standard InChI is InChI=1S/C21H22ClN5O3/c1-29-14-7-8-16-17(13-14)24-20(30-2)19(23-16)25-21(28)27-11-9-26(10-12-27)18-6-4-3-5-15(18)22/h3-8,13H,9-12H2,1-2H3,(H,23,25,28). The van der Waals surface area contributed by atoms with Gasteiger partial charge in [0.1, 0.15) is 5.75 Å². The van der Waals surface area contributed by atoms with Gasteiger partial charge in [0.05, 0.1) is 36.0 Å². The van der Waals surface area contributed by atoms with E-state index in [1.165, 1.54) is 7.11 Å². The number of hydrogen-bond acceptors (Lipinski definition) is 6. The first-order valence-electron chi connectivity index (χ1n) is 9.54. The van der Waals surface area contributed by atoms with Gasteiger partial charge >= 0.3 is 6.03 Å². The van der Waals surface area contributed by atoms with E-state index in [-0.39, 0.29) is 17.7 Å². The second-order valence-electron chi connectivity index (χ2n) is 6.79. The number of anilines is 2. The van der Waals surface area contributed by atoms with E-state index in [0.717, 1.165) is 5.69 Å².